The summed E-state index contributed by atoms with van der Waals surface area (Å²) in [6, 6.07) is 4.13. The van der Waals surface area contributed by atoms with Crippen LogP contribution in [0.5, 0.6) is 0 Å². The molecule has 1 unspecified atom stereocenters. The van der Waals surface area contributed by atoms with E-state index in [-0.39, 0.29) is 11.8 Å². The van der Waals surface area contributed by atoms with Gasteiger partial charge in [-0.15, -0.1) is 5.10 Å². The first-order chi connectivity index (χ1) is 13.6. The lowest BCUT2D eigenvalue weighted by Crippen LogP contribution is -2.39. The van der Waals surface area contributed by atoms with Gasteiger partial charge in [-0.2, -0.15) is 0 Å². The van der Waals surface area contributed by atoms with Crippen molar-refractivity contribution in [1.29, 1.82) is 0 Å². The van der Waals surface area contributed by atoms with Gasteiger partial charge in [0.05, 0.1) is 11.4 Å². The van der Waals surface area contributed by atoms with Crippen LogP contribution in [-0.2, 0) is 6.42 Å². The minimum atomic E-state index is 0.0453. The summed E-state index contributed by atoms with van der Waals surface area (Å²) in [5.41, 5.74) is 4.69. The zero-order chi connectivity index (χ0) is 19.7. The van der Waals surface area contributed by atoms with Crippen molar-refractivity contribution in [3.63, 3.8) is 0 Å². The topological polar surface area (TPSA) is 85.0 Å². The number of pyridine rings is 1. The van der Waals surface area contributed by atoms with E-state index < -0.39 is 0 Å². The van der Waals surface area contributed by atoms with Crippen LogP contribution < -0.4 is 0 Å². The number of aromatic nitrogens is 4. The Balaban J connectivity index is 1.51. The van der Waals surface area contributed by atoms with Gasteiger partial charge in [-0.3, -0.25) is 9.78 Å². The molecule has 0 aliphatic carbocycles. The molecule has 1 aliphatic heterocycles. The summed E-state index contributed by atoms with van der Waals surface area (Å²) in [6.07, 6.45) is 4.60. The van der Waals surface area contributed by atoms with Crippen LogP contribution in [0.3, 0.4) is 0 Å². The van der Waals surface area contributed by atoms with E-state index in [0.29, 0.717) is 11.4 Å². The van der Waals surface area contributed by atoms with Crippen LogP contribution in [-0.4, -0.2) is 43.6 Å². The molecule has 3 aromatic rings. The quantitative estimate of drug-likeness (QED) is 0.666. The number of rotatable bonds is 4. The molecule has 1 fully saturated rings. The first-order valence-electron chi connectivity index (χ1n) is 9.58. The molecular weight excluding hydrogens is 374 g/mol. The Labute approximate surface area is 167 Å². The fourth-order valence-electron chi connectivity index (χ4n) is 3.84. The number of piperidine rings is 1. The molecule has 0 bridgehead atoms. The molecule has 0 aromatic carbocycles. The third-order valence-electron chi connectivity index (χ3n) is 5.32. The summed E-state index contributed by atoms with van der Waals surface area (Å²) in [5.74, 6) is 1.08. The van der Waals surface area contributed by atoms with Crippen molar-refractivity contribution in [3.05, 3.63) is 46.0 Å². The predicted molar refractivity (Wildman–Crippen MR) is 106 cm³/mol. The van der Waals surface area contributed by atoms with Crippen LogP contribution in [0.25, 0.3) is 11.1 Å². The molecule has 8 heteroatoms. The average Bonchev–Trinajstić information content (AvgIpc) is 3.34. The lowest BCUT2D eigenvalue weighted by atomic mass is 9.93. The molecule has 0 radical (unpaired) electrons. The van der Waals surface area contributed by atoms with Gasteiger partial charge in [-0.1, -0.05) is 22.6 Å². The number of carbonyl (C=O) groups excluding carboxylic acids is 1. The Morgan fingerprint density at radius 1 is 1.36 bits per heavy atom. The summed E-state index contributed by atoms with van der Waals surface area (Å²) in [7, 11) is 0. The first-order valence-corrected chi connectivity index (χ1v) is 10.4. The van der Waals surface area contributed by atoms with Crippen molar-refractivity contribution < 1.29 is 9.32 Å². The molecule has 1 aliphatic rings. The number of nitrogens with zero attached hydrogens (tertiary/aromatic N) is 5. The summed E-state index contributed by atoms with van der Waals surface area (Å²) in [5, 5.41) is 8.09. The third kappa shape index (κ3) is 3.44. The van der Waals surface area contributed by atoms with Crippen molar-refractivity contribution in [3.8, 4) is 11.1 Å². The molecular formula is C20H23N5O2S. The molecule has 3 aromatic heterocycles. The van der Waals surface area contributed by atoms with Gasteiger partial charge in [-0.25, -0.2) is 0 Å². The highest BCUT2D eigenvalue weighted by Gasteiger charge is 2.28. The van der Waals surface area contributed by atoms with E-state index in [1.54, 1.807) is 0 Å². The van der Waals surface area contributed by atoms with E-state index in [1.807, 2.05) is 31.9 Å². The second-order valence-corrected chi connectivity index (χ2v) is 7.92. The summed E-state index contributed by atoms with van der Waals surface area (Å²) in [4.78, 5) is 20.2. The molecule has 1 saturated heterocycles. The van der Waals surface area contributed by atoms with Crippen molar-refractivity contribution in [2.75, 3.05) is 13.1 Å². The Morgan fingerprint density at radius 3 is 2.89 bits per heavy atom. The van der Waals surface area contributed by atoms with Crippen LogP contribution in [0.15, 0.2) is 22.9 Å². The zero-order valence-electron chi connectivity index (χ0n) is 16.3. The van der Waals surface area contributed by atoms with Crippen LogP contribution in [0.2, 0.25) is 0 Å². The highest BCUT2D eigenvalue weighted by Crippen LogP contribution is 2.30. The molecule has 0 spiro atoms. The number of amides is 1. The van der Waals surface area contributed by atoms with Crippen LogP contribution in [0.4, 0.5) is 0 Å². The maximum absolute atomic E-state index is 12.9. The van der Waals surface area contributed by atoms with Gasteiger partial charge < -0.3 is 9.42 Å². The molecule has 0 N–H and O–H groups in total. The standard InChI is InChI=1S/C20H23N5O2S/c1-4-16-19(28-24-22-16)20(26)25-9-5-6-15(11-25)17-8-7-14(10-21-17)18-12(2)23-27-13(18)3/h7-8,10,15H,4-6,9,11H2,1-3H3. The minimum absolute atomic E-state index is 0.0453. The smallest absolute Gasteiger partial charge is 0.267 e. The average molecular weight is 398 g/mol. The SMILES string of the molecule is CCc1nnsc1C(=O)N1CCCC(c2ccc(-c3c(C)noc3C)cn2)C1. The fraction of sp³-hybridized carbons (Fsp3) is 0.450. The second kappa shape index (κ2) is 7.79. The van der Waals surface area contributed by atoms with Gasteiger partial charge >= 0.3 is 0 Å². The number of aryl methyl sites for hydroxylation is 3. The molecule has 4 heterocycles. The Kier molecular flexibility index (Phi) is 5.21. The van der Waals surface area contributed by atoms with Crippen LogP contribution in [0, 0.1) is 13.8 Å². The third-order valence-corrected chi connectivity index (χ3v) is 6.08. The highest BCUT2D eigenvalue weighted by molar-refractivity contribution is 7.08. The maximum atomic E-state index is 12.9. The molecule has 0 saturated carbocycles. The molecule has 146 valence electrons. The number of hydrogen-bond acceptors (Lipinski definition) is 7. The predicted octanol–water partition coefficient (Wildman–Crippen LogP) is 3.79. The highest BCUT2D eigenvalue weighted by atomic mass is 32.1. The minimum Gasteiger partial charge on any atom is -0.361 e. The van der Waals surface area contributed by atoms with E-state index in [2.05, 4.69) is 26.9 Å². The van der Waals surface area contributed by atoms with Gasteiger partial charge in [-0.05, 0) is 50.7 Å². The molecule has 1 atom stereocenters. The van der Waals surface area contributed by atoms with Crippen LogP contribution >= 0.6 is 11.5 Å². The lowest BCUT2D eigenvalue weighted by Gasteiger charge is -2.32. The lowest BCUT2D eigenvalue weighted by molar-refractivity contribution is 0.0709. The molecule has 4 rings (SSSR count). The van der Waals surface area contributed by atoms with Gasteiger partial charge in [0.15, 0.2) is 0 Å². The second-order valence-electron chi connectivity index (χ2n) is 7.16. The monoisotopic (exact) mass is 397 g/mol. The number of carbonyl (C=O) groups is 1. The molecule has 7 nitrogen and oxygen atoms in total. The number of likely N-dealkylation sites (tertiary alicyclic amines) is 1. The normalized spacial score (nSPS) is 17.1. The number of hydrogen-bond donors (Lipinski definition) is 0. The van der Waals surface area contributed by atoms with Gasteiger partial charge in [0.2, 0.25) is 0 Å². The Hall–Kier alpha value is -2.61. The first kappa shape index (κ1) is 18.7. The van der Waals surface area contributed by atoms with Gasteiger partial charge in [0.1, 0.15) is 10.6 Å². The van der Waals surface area contributed by atoms with E-state index in [1.165, 1.54) is 11.5 Å². The largest absolute Gasteiger partial charge is 0.361 e. The van der Waals surface area contributed by atoms with Crippen molar-refractivity contribution >= 4 is 17.4 Å². The zero-order valence-corrected chi connectivity index (χ0v) is 17.1. The van der Waals surface area contributed by atoms with Crippen molar-refractivity contribution in [2.24, 2.45) is 0 Å². The van der Waals surface area contributed by atoms with Gasteiger partial charge in [0, 0.05) is 42.0 Å². The fourth-order valence-corrected chi connectivity index (χ4v) is 4.56. The van der Waals surface area contributed by atoms with Crippen molar-refractivity contribution in [2.45, 2.75) is 46.0 Å². The molecule has 28 heavy (non-hydrogen) atoms. The Bertz CT molecular complexity index is 959. The summed E-state index contributed by atoms with van der Waals surface area (Å²) >= 11 is 1.19. The van der Waals surface area contributed by atoms with Crippen LogP contribution in [0.1, 0.15) is 58.2 Å². The summed E-state index contributed by atoms with van der Waals surface area (Å²) in [6.45, 7) is 7.29. The van der Waals surface area contributed by atoms with E-state index in [0.717, 1.165) is 59.8 Å². The van der Waals surface area contributed by atoms with Gasteiger partial charge in [0.25, 0.3) is 5.91 Å². The Morgan fingerprint density at radius 2 is 2.21 bits per heavy atom. The maximum Gasteiger partial charge on any atom is 0.267 e. The van der Waals surface area contributed by atoms with E-state index in [4.69, 9.17) is 9.51 Å². The van der Waals surface area contributed by atoms with Crippen molar-refractivity contribution in [1.82, 2.24) is 24.6 Å². The van der Waals surface area contributed by atoms with E-state index >= 15 is 0 Å². The summed E-state index contributed by atoms with van der Waals surface area (Å²) < 4.78 is 9.21. The molecule has 1 amide bonds. The van der Waals surface area contributed by atoms with E-state index in [9.17, 15) is 4.79 Å².